The van der Waals surface area contributed by atoms with Crippen molar-refractivity contribution in [2.75, 3.05) is 13.1 Å². The van der Waals surface area contributed by atoms with E-state index in [1.165, 1.54) is 24.1 Å². The molecule has 2 heteroatoms. The minimum atomic E-state index is 0.624. The van der Waals surface area contributed by atoms with Gasteiger partial charge in [-0.25, -0.2) is 0 Å². The molecule has 1 saturated heterocycles. The predicted molar refractivity (Wildman–Crippen MR) is 91.5 cm³/mol. The van der Waals surface area contributed by atoms with Crippen LogP contribution in [0.1, 0.15) is 45.2 Å². The summed E-state index contributed by atoms with van der Waals surface area (Å²) in [4.78, 5) is 2.70. The molecule has 21 heavy (non-hydrogen) atoms. The topological polar surface area (TPSA) is 15.3 Å². The molecular weight excluding hydrogens is 256 g/mol. The molecule has 2 nitrogen and oxygen atoms in total. The molecule has 0 saturated carbocycles. The highest BCUT2D eigenvalue weighted by Crippen LogP contribution is 2.21. The van der Waals surface area contributed by atoms with Gasteiger partial charge in [0.05, 0.1) is 0 Å². The van der Waals surface area contributed by atoms with Gasteiger partial charge in [-0.2, -0.15) is 0 Å². The van der Waals surface area contributed by atoms with Crippen molar-refractivity contribution < 1.29 is 0 Å². The van der Waals surface area contributed by atoms with Crippen LogP contribution in [0, 0.1) is 18.8 Å². The first-order valence-electron chi connectivity index (χ1n) is 8.48. The SMILES string of the molecule is Cc1ccc(CN2CC(C(C)C)NCC2CC(C)C)cc1. The smallest absolute Gasteiger partial charge is 0.0237 e. The fourth-order valence-corrected chi connectivity index (χ4v) is 3.23. The Balaban J connectivity index is 2.06. The number of nitrogens with zero attached hydrogens (tertiary/aromatic N) is 1. The Bertz CT molecular complexity index is 422. The normalized spacial score (nSPS) is 24.0. The van der Waals surface area contributed by atoms with Gasteiger partial charge in [0.15, 0.2) is 0 Å². The van der Waals surface area contributed by atoms with Crippen LogP contribution in [0.2, 0.25) is 0 Å². The average molecular weight is 288 g/mol. The predicted octanol–water partition coefficient (Wildman–Crippen LogP) is 3.84. The van der Waals surface area contributed by atoms with E-state index < -0.39 is 0 Å². The maximum Gasteiger partial charge on any atom is 0.0237 e. The van der Waals surface area contributed by atoms with Crippen molar-refractivity contribution in [2.24, 2.45) is 11.8 Å². The summed E-state index contributed by atoms with van der Waals surface area (Å²) in [5.74, 6) is 1.46. The summed E-state index contributed by atoms with van der Waals surface area (Å²) in [7, 11) is 0. The number of aryl methyl sites for hydroxylation is 1. The molecule has 1 N–H and O–H groups in total. The van der Waals surface area contributed by atoms with E-state index in [0.29, 0.717) is 18.0 Å². The van der Waals surface area contributed by atoms with Crippen molar-refractivity contribution in [1.29, 1.82) is 0 Å². The molecule has 0 aliphatic carbocycles. The Morgan fingerprint density at radius 1 is 1.14 bits per heavy atom. The molecular formula is C19H32N2. The van der Waals surface area contributed by atoms with Crippen LogP contribution in [0.25, 0.3) is 0 Å². The summed E-state index contributed by atoms with van der Waals surface area (Å²) in [6.07, 6.45) is 1.28. The molecule has 2 atom stereocenters. The highest BCUT2D eigenvalue weighted by atomic mass is 15.2. The van der Waals surface area contributed by atoms with Crippen molar-refractivity contribution in [3.63, 3.8) is 0 Å². The van der Waals surface area contributed by atoms with Crippen molar-refractivity contribution in [2.45, 2.75) is 59.7 Å². The van der Waals surface area contributed by atoms with Gasteiger partial charge in [-0.05, 0) is 30.7 Å². The van der Waals surface area contributed by atoms with Crippen LogP contribution < -0.4 is 5.32 Å². The molecule has 118 valence electrons. The molecule has 0 spiro atoms. The van der Waals surface area contributed by atoms with Crippen LogP contribution >= 0.6 is 0 Å². The molecule has 1 aromatic rings. The van der Waals surface area contributed by atoms with Crippen molar-refractivity contribution in [3.05, 3.63) is 35.4 Å². The Labute approximate surface area is 130 Å². The Kier molecular flexibility index (Phi) is 5.83. The lowest BCUT2D eigenvalue weighted by molar-refractivity contribution is 0.0924. The average Bonchev–Trinajstić information content (AvgIpc) is 2.42. The summed E-state index contributed by atoms with van der Waals surface area (Å²) >= 11 is 0. The van der Waals surface area contributed by atoms with E-state index in [-0.39, 0.29) is 0 Å². The first-order chi connectivity index (χ1) is 9.95. The second-order valence-electron chi connectivity index (χ2n) is 7.46. The van der Waals surface area contributed by atoms with E-state index in [4.69, 9.17) is 0 Å². The Hall–Kier alpha value is -0.860. The minimum absolute atomic E-state index is 0.624. The van der Waals surface area contributed by atoms with Gasteiger partial charge in [-0.1, -0.05) is 57.5 Å². The van der Waals surface area contributed by atoms with Gasteiger partial charge in [0, 0.05) is 31.7 Å². The lowest BCUT2D eigenvalue weighted by Crippen LogP contribution is -2.57. The van der Waals surface area contributed by atoms with Crippen LogP contribution in [-0.2, 0) is 6.54 Å². The maximum absolute atomic E-state index is 3.76. The fourth-order valence-electron chi connectivity index (χ4n) is 3.23. The number of hydrogen-bond donors (Lipinski definition) is 1. The zero-order valence-corrected chi connectivity index (χ0v) is 14.4. The van der Waals surface area contributed by atoms with Gasteiger partial charge < -0.3 is 5.32 Å². The van der Waals surface area contributed by atoms with Gasteiger partial charge in [-0.15, -0.1) is 0 Å². The van der Waals surface area contributed by atoms with Gasteiger partial charge in [0.2, 0.25) is 0 Å². The second kappa shape index (κ2) is 7.42. The van der Waals surface area contributed by atoms with E-state index >= 15 is 0 Å². The number of piperazine rings is 1. The second-order valence-corrected chi connectivity index (χ2v) is 7.46. The van der Waals surface area contributed by atoms with E-state index in [1.54, 1.807) is 0 Å². The van der Waals surface area contributed by atoms with Gasteiger partial charge in [0.1, 0.15) is 0 Å². The monoisotopic (exact) mass is 288 g/mol. The lowest BCUT2D eigenvalue weighted by atomic mass is 9.94. The third-order valence-electron chi connectivity index (χ3n) is 4.62. The lowest BCUT2D eigenvalue weighted by Gasteiger charge is -2.42. The van der Waals surface area contributed by atoms with Crippen LogP contribution in [0.5, 0.6) is 0 Å². The molecule has 2 rings (SSSR count). The molecule has 1 aromatic carbocycles. The van der Waals surface area contributed by atoms with Gasteiger partial charge >= 0.3 is 0 Å². The van der Waals surface area contributed by atoms with Gasteiger partial charge in [0.25, 0.3) is 0 Å². The Morgan fingerprint density at radius 3 is 2.38 bits per heavy atom. The number of benzene rings is 1. The van der Waals surface area contributed by atoms with Crippen LogP contribution in [-0.4, -0.2) is 30.1 Å². The molecule has 1 aliphatic rings. The third kappa shape index (κ3) is 4.82. The Morgan fingerprint density at radius 2 is 1.81 bits per heavy atom. The highest BCUT2D eigenvalue weighted by molar-refractivity contribution is 5.21. The molecule has 1 fully saturated rings. The molecule has 0 aromatic heterocycles. The molecule has 0 bridgehead atoms. The first-order valence-corrected chi connectivity index (χ1v) is 8.48. The highest BCUT2D eigenvalue weighted by Gasteiger charge is 2.29. The van der Waals surface area contributed by atoms with E-state index in [9.17, 15) is 0 Å². The van der Waals surface area contributed by atoms with Gasteiger partial charge in [-0.3, -0.25) is 4.90 Å². The molecule has 1 aliphatic heterocycles. The zero-order chi connectivity index (χ0) is 15.4. The number of hydrogen-bond acceptors (Lipinski definition) is 2. The van der Waals surface area contributed by atoms with E-state index in [2.05, 4.69) is 69.1 Å². The quantitative estimate of drug-likeness (QED) is 0.885. The summed E-state index contributed by atoms with van der Waals surface area (Å²) in [6, 6.07) is 10.3. The van der Waals surface area contributed by atoms with E-state index in [0.717, 1.165) is 19.0 Å². The van der Waals surface area contributed by atoms with Crippen LogP contribution in [0.4, 0.5) is 0 Å². The fraction of sp³-hybridized carbons (Fsp3) is 0.684. The minimum Gasteiger partial charge on any atom is -0.311 e. The van der Waals surface area contributed by atoms with Crippen LogP contribution in [0.15, 0.2) is 24.3 Å². The molecule has 2 unspecified atom stereocenters. The molecule has 0 radical (unpaired) electrons. The maximum atomic E-state index is 3.76. The zero-order valence-electron chi connectivity index (χ0n) is 14.4. The van der Waals surface area contributed by atoms with Crippen molar-refractivity contribution in [1.82, 2.24) is 10.2 Å². The standard InChI is InChI=1S/C19H32N2/c1-14(2)10-18-11-20-19(15(3)4)13-21(18)12-17-8-6-16(5)7-9-17/h6-9,14-15,18-20H,10-13H2,1-5H3. The van der Waals surface area contributed by atoms with Crippen molar-refractivity contribution in [3.8, 4) is 0 Å². The summed E-state index contributed by atoms with van der Waals surface area (Å²) in [6.45, 7) is 14.9. The largest absolute Gasteiger partial charge is 0.311 e. The summed E-state index contributed by atoms with van der Waals surface area (Å²) < 4.78 is 0. The van der Waals surface area contributed by atoms with E-state index in [1.807, 2.05) is 0 Å². The number of nitrogens with one attached hydrogen (secondary N) is 1. The first kappa shape index (κ1) is 16.5. The third-order valence-corrected chi connectivity index (χ3v) is 4.62. The molecule has 0 amide bonds. The van der Waals surface area contributed by atoms with Crippen molar-refractivity contribution >= 4 is 0 Å². The van der Waals surface area contributed by atoms with Crippen LogP contribution in [0.3, 0.4) is 0 Å². The number of rotatable bonds is 5. The summed E-state index contributed by atoms with van der Waals surface area (Å²) in [5, 5.41) is 3.76. The molecule has 1 heterocycles. The summed E-state index contributed by atoms with van der Waals surface area (Å²) in [5.41, 5.74) is 2.79.